The second-order valence-corrected chi connectivity index (χ2v) is 4.93. The largest absolute Gasteiger partial charge is 0.303 e. The molecule has 0 aromatic heterocycles. The lowest BCUT2D eigenvalue weighted by atomic mass is 9.88. The SMILES string of the molecule is CNC(C#N)(CCN1CCCC1)c1ccccc1. The van der Waals surface area contributed by atoms with E-state index in [0.717, 1.165) is 18.5 Å². The first-order valence-electron chi connectivity index (χ1n) is 6.69. The first kappa shape index (κ1) is 13.1. The van der Waals surface area contributed by atoms with Crippen LogP contribution in [0.25, 0.3) is 0 Å². The Hall–Kier alpha value is -1.37. The molecule has 18 heavy (non-hydrogen) atoms. The van der Waals surface area contributed by atoms with E-state index in [4.69, 9.17) is 0 Å². The number of nitrogens with zero attached hydrogens (tertiary/aromatic N) is 2. The van der Waals surface area contributed by atoms with E-state index in [2.05, 4.69) is 16.3 Å². The zero-order valence-electron chi connectivity index (χ0n) is 11.0. The van der Waals surface area contributed by atoms with Gasteiger partial charge in [0.15, 0.2) is 0 Å². The molecule has 1 aromatic rings. The Morgan fingerprint density at radius 2 is 1.94 bits per heavy atom. The molecule has 1 aliphatic heterocycles. The van der Waals surface area contributed by atoms with E-state index >= 15 is 0 Å². The molecule has 1 saturated heterocycles. The Kier molecular flexibility index (Phi) is 4.35. The Labute approximate surface area is 109 Å². The quantitative estimate of drug-likeness (QED) is 0.861. The topological polar surface area (TPSA) is 39.1 Å². The number of likely N-dealkylation sites (tertiary alicyclic amines) is 1. The van der Waals surface area contributed by atoms with Crippen LogP contribution in [0.3, 0.4) is 0 Å². The summed E-state index contributed by atoms with van der Waals surface area (Å²) < 4.78 is 0. The van der Waals surface area contributed by atoms with Crippen molar-refractivity contribution in [2.75, 3.05) is 26.7 Å². The molecule has 3 nitrogen and oxygen atoms in total. The van der Waals surface area contributed by atoms with Gasteiger partial charge in [0.2, 0.25) is 0 Å². The molecular formula is C15H21N3. The first-order valence-corrected chi connectivity index (χ1v) is 6.69. The lowest BCUT2D eigenvalue weighted by molar-refractivity contribution is 0.289. The second-order valence-electron chi connectivity index (χ2n) is 4.93. The van der Waals surface area contributed by atoms with Crippen molar-refractivity contribution in [3.8, 4) is 6.07 Å². The van der Waals surface area contributed by atoms with Crippen molar-refractivity contribution in [3.05, 3.63) is 35.9 Å². The highest BCUT2D eigenvalue weighted by Crippen LogP contribution is 2.25. The molecule has 2 rings (SSSR count). The molecule has 0 spiro atoms. The van der Waals surface area contributed by atoms with Gasteiger partial charge in [0.1, 0.15) is 5.54 Å². The van der Waals surface area contributed by atoms with E-state index in [1.807, 2.05) is 37.4 Å². The summed E-state index contributed by atoms with van der Waals surface area (Å²) in [7, 11) is 1.88. The van der Waals surface area contributed by atoms with Crippen molar-refractivity contribution in [2.24, 2.45) is 0 Å². The molecule has 96 valence electrons. The second kappa shape index (κ2) is 5.99. The number of hydrogen-bond acceptors (Lipinski definition) is 3. The van der Waals surface area contributed by atoms with Crippen molar-refractivity contribution in [3.63, 3.8) is 0 Å². The highest BCUT2D eigenvalue weighted by atomic mass is 15.1. The summed E-state index contributed by atoms with van der Waals surface area (Å²) in [5.74, 6) is 0. The van der Waals surface area contributed by atoms with E-state index in [-0.39, 0.29) is 0 Å². The van der Waals surface area contributed by atoms with Gasteiger partial charge in [-0.05, 0) is 45.0 Å². The van der Waals surface area contributed by atoms with Gasteiger partial charge in [-0.15, -0.1) is 0 Å². The van der Waals surface area contributed by atoms with Crippen LogP contribution in [0.1, 0.15) is 24.8 Å². The molecule has 0 aliphatic carbocycles. The number of hydrogen-bond donors (Lipinski definition) is 1. The van der Waals surface area contributed by atoms with Crippen LogP contribution >= 0.6 is 0 Å². The highest BCUT2D eigenvalue weighted by molar-refractivity contribution is 5.31. The third-order valence-electron chi connectivity index (χ3n) is 3.89. The van der Waals surface area contributed by atoms with Gasteiger partial charge in [0, 0.05) is 6.54 Å². The highest BCUT2D eigenvalue weighted by Gasteiger charge is 2.30. The summed E-state index contributed by atoms with van der Waals surface area (Å²) >= 11 is 0. The minimum absolute atomic E-state index is 0.552. The van der Waals surface area contributed by atoms with Crippen LogP contribution in [0.2, 0.25) is 0 Å². The summed E-state index contributed by atoms with van der Waals surface area (Å²) in [5, 5.41) is 12.8. The molecule has 1 fully saturated rings. The van der Waals surface area contributed by atoms with Gasteiger partial charge >= 0.3 is 0 Å². The summed E-state index contributed by atoms with van der Waals surface area (Å²) in [6.45, 7) is 3.35. The van der Waals surface area contributed by atoms with Crippen LogP contribution in [0.4, 0.5) is 0 Å². The van der Waals surface area contributed by atoms with Crippen LogP contribution in [0.5, 0.6) is 0 Å². The van der Waals surface area contributed by atoms with Gasteiger partial charge in [-0.3, -0.25) is 5.32 Å². The standard InChI is InChI=1S/C15H21N3/c1-17-15(13-16,14-7-3-2-4-8-14)9-12-18-10-5-6-11-18/h2-4,7-8,17H,5-6,9-12H2,1H3. The van der Waals surface area contributed by atoms with E-state index in [9.17, 15) is 5.26 Å². The average molecular weight is 243 g/mol. The lowest BCUT2D eigenvalue weighted by Gasteiger charge is -2.28. The van der Waals surface area contributed by atoms with Crippen molar-refractivity contribution in [1.29, 1.82) is 5.26 Å². The predicted molar refractivity (Wildman–Crippen MR) is 73.1 cm³/mol. The molecule has 1 N–H and O–H groups in total. The third-order valence-corrected chi connectivity index (χ3v) is 3.89. The van der Waals surface area contributed by atoms with Gasteiger partial charge in [0.25, 0.3) is 0 Å². The Morgan fingerprint density at radius 1 is 1.28 bits per heavy atom. The number of benzene rings is 1. The summed E-state index contributed by atoms with van der Waals surface area (Å²) in [5.41, 5.74) is 0.512. The van der Waals surface area contributed by atoms with E-state index < -0.39 is 5.54 Å². The lowest BCUT2D eigenvalue weighted by Crippen LogP contribution is -2.41. The van der Waals surface area contributed by atoms with Crippen LogP contribution in [-0.2, 0) is 5.54 Å². The third kappa shape index (κ3) is 2.72. The van der Waals surface area contributed by atoms with Gasteiger partial charge in [-0.25, -0.2) is 0 Å². The Morgan fingerprint density at radius 3 is 2.50 bits per heavy atom. The summed E-state index contributed by atoms with van der Waals surface area (Å²) in [4.78, 5) is 2.45. The molecule has 1 heterocycles. The predicted octanol–water partition coefficient (Wildman–Crippen LogP) is 2.11. The van der Waals surface area contributed by atoms with E-state index in [1.165, 1.54) is 25.9 Å². The van der Waals surface area contributed by atoms with Crippen molar-refractivity contribution < 1.29 is 0 Å². The minimum atomic E-state index is -0.552. The van der Waals surface area contributed by atoms with E-state index in [1.54, 1.807) is 0 Å². The molecular weight excluding hydrogens is 222 g/mol. The van der Waals surface area contributed by atoms with Gasteiger partial charge in [-0.1, -0.05) is 30.3 Å². The molecule has 0 radical (unpaired) electrons. The maximum absolute atomic E-state index is 9.57. The van der Waals surface area contributed by atoms with Gasteiger partial charge in [0.05, 0.1) is 6.07 Å². The fourth-order valence-corrected chi connectivity index (χ4v) is 2.64. The van der Waals surface area contributed by atoms with Crippen LogP contribution in [-0.4, -0.2) is 31.6 Å². The first-order chi connectivity index (χ1) is 8.80. The number of nitriles is 1. The van der Waals surface area contributed by atoms with Crippen LogP contribution < -0.4 is 5.32 Å². The van der Waals surface area contributed by atoms with Crippen LogP contribution in [0.15, 0.2) is 30.3 Å². The molecule has 0 amide bonds. The molecule has 1 aliphatic rings. The van der Waals surface area contributed by atoms with E-state index in [0.29, 0.717) is 0 Å². The van der Waals surface area contributed by atoms with Crippen molar-refractivity contribution >= 4 is 0 Å². The fraction of sp³-hybridized carbons (Fsp3) is 0.533. The smallest absolute Gasteiger partial charge is 0.133 e. The molecule has 0 saturated carbocycles. The Bertz CT molecular complexity index is 403. The van der Waals surface area contributed by atoms with Gasteiger partial charge in [-0.2, -0.15) is 5.26 Å². The number of rotatable bonds is 5. The van der Waals surface area contributed by atoms with Gasteiger partial charge < -0.3 is 4.90 Å². The molecule has 1 atom stereocenters. The summed E-state index contributed by atoms with van der Waals surface area (Å²) in [6, 6.07) is 12.5. The zero-order valence-corrected chi connectivity index (χ0v) is 11.0. The summed E-state index contributed by atoms with van der Waals surface area (Å²) in [6.07, 6.45) is 3.43. The fourth-order valence-electron chi connectivity index (χ4n) is 2.64. The average Bonchev–Trinajstić information content (AvgIpc) is 2.95. The van der Waals surface area contributed by atoms with Crippen LogP contribution in [0, 0.1) is 11.3 Å². The monoisotopic (exact) mass is 243 g/mol. The maximum Gasteiger partial charge on any atom is 0.133 e. The normalized spacial score (nSPS) is 19.3. The number of nitrogens with one attached hydrogen (secondary N) is 1. The van der Waals surface area contributed by atoms with Crippen molar-refractivity contribution in [1.82, 2.24) is 10.2 Å². The Balaban J connectivity index is 2.09. The minimum Gasteiger partial charge on any atom is -0.303 e. The molecule has 0 bridgehead atoms. The molecule has 3 heteroatoms. The maximum atomic E-state index is 9.57. The molecule has 1 unspecified atom stereocenters. The molecule has 1 aromatic carbocycles. The van der Waals surface area contributed by atoms with Crippen molar-refractivity contribution in [2.45, 2.75) is 24.8 Å². The zero-order chi connectivity index (χ0) is 12.8.